The molecule has 2 heterocycles. The summed E-state index contributed by atoms with van der Waals surface area (Å²) in [5.41, 5.74) is 2.36. The van der Waals surface area contributed by atoms with E-state index < -0.39 is 0 Å². The van der Waals surface area contributed by atoms with Crippen LogP contribution in [0.5, 0.6) is 5.75 Å². The summed E-state index contributed by atoms with van der Waals surface area (Å²) in [6, 6.07) is 9.99. The molecule has 3 rings (SSSR count). The number of carbonyl (C=O) groups is 1. The van der Waals surface area contributed by atoms with Gasteiger partial charge < -0.3 is 15.0 Å². The van der Waals surface area contributed by atoms with E-state index in [4.69, 9.17) is 4.74 Å². The van der Waals surface area contributed by atoms with Gasteiger partial charge in [-0.15, -0.1) is 11.3 Å². The molecule has 1 aliphatic heterocycles. The van der Waals surface area contributed by atoms with E-state index in [0.717, 1.165) is 24.3 Å². The minimum Gasteiger partial charge on any atom is -0.491 e. The molecule has 0 atom stereocenters. The number of ether oxygens (including phenoxy) is 1. The summed E-state index contributed by atoms with van der Waals surface area (Å²) in [5, 5.41) is 5.11. The largest absolute Gasteiger partial charge is 0.491 e. The zero-order valence-electron chi connectivity index (χ0n) is 13.5. The highest BCUT2D eigenvalue weighted by molar-refractivity contribution is 7.10. The summed E-state index contributed by atoms with van der Waals surface area (Å²) in [6.45, 7) is 6.05. The van der Waals surface area contributed by atoms with Crippen LogP contribution in [0.3, 0.4) is 0 Å². The molecule has 1 aromatic carbocycles. The van der Waals surface area contributed by atoms with Crippen LogP contribution in [0.2, 0.25) is 0 Å². The molecule has 0 saturated heterocycles. The first-order valence-corrected chi connectivity index (χ1v) is 8.83. The maximum absolute atomic E-state index is 12.3. The third kappa shape index (κ3) is 4.05. The summed E-state index contributed by atoms with van der Waals surface area (Å²) >= 11 is 1.78. The lowest BCUT2D eigenvalue weighted by Gasteiger charge is -2.27. The molecule has 2 amide bonds. The van der Waals surface area contributed by atoms with Gasteiger partial charge in [0.15, 0.2) is 0 Å². The number of benzene rings is 1. The Hall–Kier alpha value is -2.01. The monoisotopic (exact) mass is 330 g/mol. The highest BCUT2D eigenvalue weighted by Gasteiger charge is 2.20. The van der Waals surface area contributed by atoms with Gasteiger partial charge in [-0.2, -0.15) is 0 Å². The molecular weight excluding hydrogens is 308 g/mol. The fraction of sp³-hybridized carbons (Fsp3) is 0.389. The molecule has 0 unspecified atom stereocenters. The van der Waals surface area contributed by atoms with Crippen LogP contribution in [0.1, 0.15) is 29.9 Å². The number of nitrogens with zero attached hydrogens (tertiary/aromatic N) is 1. The van der Waals surface area contributed by atoms with Gasteiger partial charge in [0.2, 0.25) is 0 Å². The van der Waals surface area contributed by atoms with Gasteiger partial charge in [0.05, 0.1) is 6.10 Å². The summed E-state index contributed by atoms with van der Waals surface area (Å²) in [6.07, 6.45) is 1.13. The summed E-state index contributed by atoms with van der Waals surface area (Å²) in [5.74, 6) is 0.857. The summed E-state index contributed by atoms with van der Waals surface area (Å²) in [7, 11) is 0. The van der Waals surface area contributed by atoms with Crippen molar-refractivity contribution in [1.82, 2.24) is 10.2 Å². The molecule has 0 fully saturated rings. The van der Waals surface area contributed by atoms with E-state index in [1.807, 2.05) is 43.0 Å². The van der Waals surface area contributed by atoms with E-state index >= 15 is 0 Å². The number of hydrogen-bond acceptors (Lipinski definition) is 3. The van der Waals surface area contributed by atoms with Crippen molar-refractivity contribution in [3.05, 3.63) is 51.7 Å². The Balaban J connectivity index is 1.51. The fourth-order valence-electron chi connectivity index (χ4n) is 2.67. The average Bonchev–Trinajstić information content (AvgIpc) is 3.01. The van der Waals surface area contributed by atoms with Crippen LogP contribution >= 0.6 is 11.3 Å². The third-order valence-corrected chi connectivity index (χ3v) is 4.86. The van der Waals surface area contributed by atoms with Crippen LogP contribution in [-0.4, -0.2) is 23.6 Å². The number of carbonyl (C=O) groups excluding carboxylic acids is 1. The predicted molar refractivity (Wildman–Crippen MR) is 92.9 cm³/mol. The van der Waals surface area contributed by atoms with E-state index in [-0.39, 0.29) is 12.1 Å². The second-order valence-electron chi connectivity index (χ2n) is 6.01. The molecule has 23 heavy (non-hydrogen) atoms. The first-order chi connectivity index (χ1) is 11.1. The Morgan fingerprint density at radius 3 is 2.83 bits per heavy atom. The molecule has 0 spiro atoms. The van der Waals surface area contributed by atoms with E-state index in [9.17, 15) is 4.79 Å². The smallest absolute Gasteiger partial charge is 0.317 e. The summed E-state index contributed by atoms with van der Waals surface area (Å²) < 4.78 is 5.62. The number of amides is 2. The molecule has 0 saturated carbocycles. The van der Waals surface area contributed by atoms with Gasteiger partial charge in [-0.1, -0.05) is 12.1 Å². The van der Waals surface area contributed by atoms with Gasteiger partial charge in [-0.3, -0.25) is 0 Å². The van der Waals surface area contributed by atoms with Crippen molar-refractivity contribution in [2.45, 2.75) is 39.5 Å². The average molecular weight is 330 g/mol. The zero-order chi connectivity index (χ0) is 16.2. The van der Waals surface area contributed by atoms with Crippen LogP contribution in [-0.2, 0) is 19.5 Å². The summed E-state index contributed by atoms with van der Waals surface area (Å²) in [4.78, 5) is 15.6. The van der Waals surface area contributed by atoms with Gasteiger partial charge in [-0.25, -0.2) is 4.79 Å². The molecule has 0 aliphatic carbocycles. The van der Waals surface area contributed by atoms with Crippen LogP contribution in [0.4, 0.5) is 4.79 Å². The minimum absolute atomic E-state index is 0.00403. The molecule has 0 bridgehead atoms. The van der Waals surface area contributed by atoms with E-state index in [2.05, 4.69) is 16.8 Å². The van der Waals surface area contributed by atoms with E-state index in [0.29, 0.717) is 13.1 Å². The Bertz CT molecular complexity index is 664. The lowest BCUT2D eigenvalue weighted by molar-refractivity contribution is 0.192. The van der Waals surface area contributed by atoms with Crippen LogP contribution in [0, 0.1) is 0 Å². The normalized spacial score (nSPS) is 13.8. The van der Waals surface area contributed by atoms with Crippen molar-refractivity contribution < 1.29 is 9.53 Å². The Labute approximate surface area is 141 Å². The SMILES string of the molecule is CC(C)Oc1ccc(CNC(=O)N2CCc3sccc3C2)cc1. The van der Waals surface area contributed by atoms with Crippen molar-refractivity contribution >= 4 is 17.4 Å². The molecule has 5 heteroatoms. The molecule has 1 aromatic heterocycles. The first-order valence-electron chi connectivity index (χ1n) is 7.95. The maximum Gasteiger partial charge on any atom is 0.317 e. The topological polar surface area (TPSA) is 41.6 Å². The fourth-order valence-corrected chi connectivity index (χ4v) is 3.56. The predicted octanol–water partition coefficient (Wildman–Crippen LogP) is 3.80. The number of urea groups is 1. The van der Waals surface area contributed by atoms with Crippen molar-refractivity contribution in [1.29, 1.82) is 0 Å². The zero-order valence-corrected chi connectivity index (χ0v) is 14.4. The second-order valence-corrected chi connectivity index (χ2v) is 7.01. The van der Waals surface area contributed by atoms with Crippen LogP contribution in [0.15, 0.2) is 35.7 Å². The van der Waals surface area contributed by atoms with Gasteiger partial charge in [0.25, 0.3) is 0 Å². The van der Waals surface area contributed by atoms with Crippen LogP contribution in [0.25, 0.3) is 0 Å². The molecule has 4 nitrogen and oxygen atoms in total. The molecule has 122 valence electrons. The number of thiophene rings is 1. The van der Waals surface area contributed by atoms with Gasteiger partial charge in [-0.05, 0) is 55.0 Å². The van der Waals surface area contributed by atoms with E-state index in [1.165, 1.54) is 10.4 Å². The molecular formula is C18H22N2O2S. The Morgan fingerprint density at radius 2 is 2.09 bits per heavy atom. The van der Waals surface area contributed by atoms with Gasteiger partial charge >= 0.3 is 6.03 Å². The lowest BCUT2D eigenvalue weighted by Crippen LogP contribution is -2.42. The molecule has 0 radical (unpaired) electrons. The number of hydrogen-bond donors (Lipinski definition) is 1. The number of nitrogens with one attached hydrogen (secondary N) is 1. The first kappa shape index (κ1) is 15.9. The van der Waals surface area contributed by atoms with E-state index in [1.54, 1.807) is 11.3 Å². The van der Waals surface area contributed by atoms with Crippen molar-refractivity contribution in [2.75, 3.05) is 6.54 Å². The van der Waals surface area contributed by atoms with Crippen LogP contribution < -0.4 is 10.1 Å². The quantitative estimate of drug-likeness (QED) is 0.926. The van der Waals surface area contributed by atoms with Gasteiger partial charge in [0.1, 0.15) is 5.75 Å². The van der Waals surface area contributed by atoms with Crippen molar-refractivity contribution in [3.8, 4) is 5.75 Å². The molecule has 1 N–H and O–H groups in total. The standard InChI is InChI=1S/C18H22N2O2S/c1-13(2)22-16-5-3-14(4-6-16)11-19-18(21)20-9-7-17-15(12-20)8-10-23-17/h3-6,8,10,13H,7,9,11-12H2,1-2H3,(H,19,21). The highest BCUT2D eigenvalue weighted by Crippen LogP contribution is 2.24. The van der Waals surface area contributed by atoms with Crippen molar-refractivity contribution in [3.63, 3.8) is 0 Å². The van der Waals surface area contributed by atoms with Gasteiger partial charge in [0, 0.05) is 24.5 Å². The number of rotatable bonds is 4. The minimum atomic E-state index is 0.00403. The Kier molecular flexibility index (Phi) is 4.86. The van der Waals surface area contributed by atoms with Crippen molar-refractivity contribution in [2.24, 2.45) is 0 Å². The number of fused-ring (bicyclic) bond motifs is 1. The highest BCUT2D eigenvalue weighted by atomic mass is 32.1. The Morgan fingerprint density at radius 1 is 1.30 bits per heavy atom. The maximum atomic E-state index is 12.3. The third-order valence-electron chi connectivity index (χ3n) is 3.83. The lowest BCUT2D eigenvalue weighted by atomic mass is 10.1. The molecule has 1 aliphatic rings. The molecule has 2 aromatic rings. The second kappa shape index (κ2) is 7.04.